The maximum atomic E-state index is 13.1. The Balaban J connectivity index is 0.000000502. The number of nitrogens with zero attached hydrogens (tertiary/aromatic N) is 1. The summed E-state index contributed by atoms with van der Waals surface area (Å²) in [6.45, 7) is 0. The van der Waals surface area contributed by atoms with E-state index in [9.17, 15) is 18.3 Å². The standard InChI is InChI=1S/C19H22NO4S2.CH4O3S.BrH.H2O/c1-20(2)12-9-11(10-13(20)17-16(12)24-17)23-18(21)19(22,14-5-3-7-25-14)15-6-4-8-26-15;1-5(2,3)4;;/h3-8,11-13,16-17,22H,9-10H2,1-2H3;1H3,(H,2,3,4);1H;1H2/q+1;;;/t11?,12-,13+,16-,17+;;;. The number of hydrogen-bond donors (Lipinski definition) is 2. The van der Waals surface area contributed by atoms with Crippen LogP contribution in [-0.4, -0.2) is 84.8 Å². The van der Waals surface area contributed by atoms with Gasteiger partial charge in [-0.1, -0.05) is 12.1 Å². The average molecular weight is 588 g/mol. The molecule has 186 valence electrons. The first-order chi connectivity index (χ1) is 14.4. The van der Waals surface area contributed by atoms with Crippen molar-refractivity contribution >= 4 is 55.7 Å². The van der Waals surface area contributed by atoms with E-state index in [1.54, 1.807) is 12.1 Å². The number of quaternary nitrogens is 1. The van der Waals surface area contributed by atoms with Gasteiger partial charge in [-0.25, -0.2) is 4.79 Å². The van der Waals surface area contributed by atoms with Crippen molar-refractivity contribution in [1.82, 2.24) is 0 Å². The molecule has 33 heavy (non-hydrogen) atoms. The number of carbonyl (C=O) groups excluding carboxylic acids is 1. The number of halogens is 1. The lowest BCUT2D eigenvalue weighted by Crippen LogP contribution is -2.60. The van der Waals surface area contributed by atoms with Crippen molar-refractivity contribution in [2.45, 2.75) is 48.8 Å². The Morgan fingerprint density at radius 1 is 1.12 bits per heavy atom. The zero-order chi connectivity index (χ0) is 22.6. The molecular weight excluding hydrogens is 558 g/mol. The first-order valence-corrected chi connectivity index (χ1v) is 13.5. The van der Waals surface area contributed by atoms with Crippen molar-refractivity contribution in [3.05, 3.63) is 44.8 Å². The molecular formula is C20H29BrNO8S3+. The van der Waals surface area contributed by atoms with Gasteiger partial charge >= 0.3 is 5.97 Å². The van der Waals surface area contributed by atoms with Gasteiger partial charge in [0.05, 0.1) is 30.1 Å². The highest BCUT2D eigenvalue weighted by atomic mass is 79.9. The summed E-state index contributed by atoms with van der Waals surface area (Å²) in [6, 6.07) is 8.01. The summed E-state index contributed by atoms with van der Waals surface area (Å²) in [5.74, 6) is -0.561. The van der Waals surface area contributed by atoms with Crippen LogP contribution in [0.5, 0.6) is 0 Å². The van der Waals surface area contributed by atoms with Crippen molar-refractivity contribution in [2.24, 2.45) is 0 Å². The Bertz CT molecular complexity index is 979. The Hall–Kier alpha value is -0.900. The van der Waals surface area contributed by atoms with Crippen molar-refractivity contribution in [3.63, 3.8) is 0 Å². The molecule has 3 aliphatic heterocycles. The van der Waals surface area contributed by atoms with Crippen LogP contribution in [-0.2, 0) is 30.0 Å². The average Bonchev–Trinajstić information content (AvgIpc) is 3.01. The van der Waals surface area contributed by atoms with Gasteiger partial charge in [-0.05, 0) is 22.9 Å². The van der Waals surface area contributed by atoms with E-state index in [1.165, 1.54) is 22.7 Å². The van der Waals surface area contributed by atoms with E-state index in [0.717, 1.165) is 17.3 Å². The van der Waals surface area contributed by atoms with Gasteiger partial charge in [-0.2, -0.15) is 8.42 Å². The van der Waals surface area contributed by atoms with E-state index in [0.29, 0.717) is 40.3 Å². The minimum Gasteiger partial charge on any atom is -0.459 e. The molecule has 0 saturated carbocycles. The van der Waals surface area contributed by atoms with Gasteiger partial charge < -0.3 is 24.5 Å². The summed E-state index contributed by atoms with van der Waals surface area (Å²) in [4.78, 5) is 14.3. The summed E-state index contributed by atoms with van der Waals surface area (Å²) in [5.41, 5.74) is -1.72. The van der Waals surface area contributed by atoms with Gasteiger partial charge in [0.1, 0.15) is 30.4 Å². The highest BCUT2D eigenvalue weighted by Crippen LogP contribution is 2.52. The third-order valence-corrected chi connectivity index (χ3v) is 8.32. The van der Waals surface area contributed by atoms with E-state index in [2.05, 4.69) is 14.1 Å². The van der Waals surface area contributed by atoms with Crippen molar-refractivity contribution in [1.29, 1.82) is 0 Å². The highest BCUT2D eigenvalue weighted by Gasteiger charge is 2.71. The van der Waals surface area contributed by atoms with Gasteiger partial charge in [-0.3, -0.25) is 4.55 Å². The monoisotopic (exact) mass is 586 g/mol. The molecule has 13 heteroatoms. The summed E-state index contributed by atoms with van der Waals surface area (Å²) < 4.78 is 38.5. The van der Waals surface area contributed by atoms with Gasteiger partial charge in [0, 0.05) is 12.8 Å². The quantitative estimate of drug-likeness (QED) is 0.239. The first kappa shape index (κ1) is 28.3. The number of thiophene rings is 2. The smallest absolute Gasteiger partial charge is 0.349 e. The van der Waals surface area contributed by atoms with Crippen LogP contribution < -0.4 is 0 Å². The molecule has 0 radical (unpaired) electrons. The minimum absolute atomic E-state index is 0. The van der Waals surface area contributed by atoms with E-state index in [1.807, 2.05) is 22.9 Å². The van der Waals surface area contributed by atoms with Gasteiger partial charge in [0.2, 0.25) is 5.60 Å². The number of piperidine rings is 1. The molecule has 4 N–H and O–H groups in total. The lowest BCUT2D eigenvalue weighted by molar-refractivity contribution is -0.938. The molecule has 0 aromatic carbocycles. The Kier molecular flexibility index (Phi) is 8.58. The lowest BCUT2D eigenvalue weighted by atomic mass is 9.95. The van der Waals surface area contributed by atoms with Crippen LogP contribution in [0.1, 0.15) is 22.6 Å². The Morgan fingerprint density at radius 2 is 1.55 bits per heavy atom. The van der Waals surface area contributed by atoms with Crippen molar-refractivity contribution < 1.29 is 42.3 Å². The van der Waals surface area contributed by atoms with Crippen LogP contribution >= 0.6 is 39.7 Å². The van der Waals surface area contributed by atoms with Crippen molar-refractivity contribution in [2.75, 3.05) is 20.4 Å². The molecule has 1 unspecified atom stereocenters. The SMILES string of the molecule is Br.CS(=O)(=O)O.C[N+]1(C)[C@@H]2CC(OC(=O)C(O)(c3cccs3)c3cccs3)C[C@H]1[C@@H]1O[C@@H]12.O. The van der Waals surface area contributed by atoms with E-state index in [4.69, 9.17) is 14.0 Å². The van der Waals surface area contributed by atoms with E-state index >= 15 is 0 Å². The third-order valence-electron chi connectivity index (χ3n) is 6.36. The zero-order valence-electron chi connectivity index (χ0n) is 18.3. The zero-order valence-corrected chi connectivity index (χ0v) is 22.4. The van der Waals surface area contributed by atoms with E-state index in [-0.39, 0.29) is 28.6 Å². The summed E-state index contributed by atoms with van der Waals surface area (Å²) in [5, 5.41) is 15.1. The number of likely N-dealkylation sites (N-methyl/N-ethyl adjacent to an activating group) is 1. The first-order valence-electron chi connectivity index (χ1n) is 9.85. The van der Waals surface area contributed by atoms with Crippen LogP contribution in [0.4, 0.5) is 0 Å². The molecule has 2 bridgehead atoms. The molecule has 3 fully saturated rings. The number of fused-ring (bicyclic) bond motifs is 5. The molecule has 0 spiro atoms. The predicted molar refractivity (Wildman–Crippen MR) is 131 cm³/mol. The molecule has 5 heterocycles. The lowest BCUT2D eigenvalue weighted by Gasteiger charge is -2.45. The number of esters is 1. The van der Waals surface area contributed by atoms with Gasteiger partial charge in [0.15, 0.2) is 0 Å². The van der Waals surface area contributed by atoms with Crippen LogP contribution in [0.3, 0.4) is 0 Å². The number of epoxide rings is 1. The van der Waals surface area contributed by atoms with Gasteiger partial charge in [0.25, 0.3) is 10.1 Å². The summed E-state index contributed by atoms with van der Waals surface area (Å²) in [6.07, 6.45) is 2.77. The fourth-order valence-corrected chi connectivity index (χ4v) is 6.54. The second-order valence-electron chi connectivity index (χ2n) is 8.73. The Labute approximate surface area is 211 Å². The molecule has 9 nitrogen and oxygen atoms in total. The maximum absolute atomic E-state index is 13.1. The molecule has 0 aliphatic carbocycles. The largest absolute Gasteiger partial charge is 0.459 e. The topological polar surface area (TPSA) is 145 Å². The van der Waals surface area contributed by atoms with Crippen molar-refractivity contribution in [3.8, 4) is 0 Å². The van der Waals surface area contributed by atoms with Crippen LogP contribution in [0.2, 0.25) is 0 Å². The molecule has 0 amide bonds. The molecule has 3 saturated heterocycles. The molecule has 5 atom stereocenters. The highest BCUT2D eigenvalue weighted by molar-refractivity contribution is 8.93. The van der Waals surface area contributed by atoms with Crippen LogP contribution in [0.25, 0.3) is 0 Å². The number of morpholine rings is 1. The predicted octanol–water partition coefficient (Wildman–Crippen LogP) is 1.60. The van der Waals surface area contributed by atoms with Crippen LogP contribution in [0, 0.1) is 0 Å². The second kappa shape index (κ2) is 9.99. The number of ether oxygens (including phenoxy) is 2. The Morgan fingerprint density at radius 3 is 1.91 bits per heavy atom. The molecule has 2 aromatic rings. The molecule has 2 aromatic heterocycles. The normalized spacial score (nSPS) is 28.8. The summed E-state index contributed by atoms with van der Waals surface area (Å²) >= 11 is 2.74. The van der Waals surface area contributed by atoms with E-state index < -0.39 is 21.7 Å². The van der Waals surface area contributed by atoms with Crippen LogP contribution in [0.15, 0.2) is 35.0 Å². The fourth-order valence-electron chi connectivity index (χ4n) is 4.83. The number of hydrogen-bond acceptors (Lipinski definition) is 8. The van der Waals surface area contributed by atoms with Gasteiger partial charge in [-0.15, -0.1) is 39.7 Å². The number of carbonyl (C=O) groups is 1. The maximum Gasteiger partial charge on any atom is 0.349 e. The fraction of sp³-hybridized carbons (Fsp3) is 0.550. The number of aliphatic hydroxyl groups is 1. The minimum atomic E-state index is -3.67. The molecule has 5 rings (SSSR count). The summed E-state index contributed by atoms with van der Waals surface area (Å²) in [7, 11) is 0.826. The molecule has 3 aliphatic rings. The number of rotatable bonds is 4. The third kappa shape index (κ3) is 5.52. The second-order valence-corrected chi connectivity index (χ2v) is 12.1.